The van der Waals surface area contributed by atoms with Crippen LogP contribution in [0.2, 0.25) is 0 Å². The molecular weight excluding hydrogens is 267 g/mol. The van der Waals surface area contributed by atoms with Crippen molar-refractivity contribution in [3.8, 4) is 0 Å². The van der Waals surface area contributed by atoms with Gasteiger partial charge in [0.25, 0.3) is 0 Å². The lowest BCUT2D eigenvalue weighted by atomic mass is 10.0. The number of carbonyl (C=O) groups excluding carboxylic acids is 1. The van der Waals surface area contributed by atoms with Gasteiger partial charge in [-0.25, -0.2) is 4.39 Å². The molecule has 110 valence electrons. The van der Waals surface area contributed by atoms with Crippen LogP contribution in [0.1, 0.15) is 36.6 Å². The minimum Gasteiger partial charge on any atom is -0.465 e. The number of rotatable bonds is 6. The molecule has 2 aromatic carbocycles. The van der Waals surface area contributed by atoms with Crippen molar-refractivity contribution >= 4 is 5.97 Å². The average molecular weight is 286 g/mol. The Balaban J connectivity index is 1.80. The Morgan fingerprint density at radius 2 is 1.52 bits per heavy atom. The predicted octanol–water partition coefficient (Wildman–Crippen LogP) is 4.43. The van der Waals surface area contributed by atoms with Crippen LogP contribution >= 0.6 is 0 Å². The number of hydrogen-bond acceptors (Lipinski definition) is 2. The smallest absolute Gasteiger partial charge is 0.309 e. The van der Waals surface area contributed by atoms with Crippen LogP contribution in [-0.4, -0.2) is 12.6 Å². The monoisotopic (exact) mass is 286 g/mol. The predicted molar refractivity (Wildman–Crippen MR) is 80.7 cm³/mol. The molecule has 2 rings (SSSR count). The molecule has 0 amide bonds. The van der Waals surface area contributed by atoms with Crippen molar-refractivity contribution in [1.82, 2.24) is 0 Å². The summed E-state index contributed by atoms with van der Waals surface area (Å²) in [6, 6.07) is 18.5. The van der Waals surface area contributed by atoms with Gasteiger partial charge in [0.15, 0.2) is 0 Å². The molecule has 2 nitrogen and oxygen atoms in total. The topological polar surface area (TPSA) is 26.3 Å². The molecular formula is C18H19FO2. The standard InChI is InChI=1S/C18H19FO2/c1-14(15-8-4-2-5-9-15)13-21-18(20)12-17(19)16-10-6-3-7-11-16/h2-11,14,17H,12-13H2,1H3. The van der Waals surface area contributed by atoms with Crippen LogP contribution in [0, 0.1) is 0 Å². The SMILES string of the molecule is CC(COC(=O)CC(F)c1ccccc1)c1ccccc1. The Kier molecular flexibility index (Phi) is 5.50. The minimum atomic E-state index is -1.31. The van der Waals surface area contributed by atoms with Crippen molar-refractivity contribution in [2.45, 2.75) is 25.4 Å². The second-order valence-electron chi connectivity index (χ2n) is 5.08. The fourth-order valence-electron chi connectivity index (χ4n) is 2.08. The number of carbonyl (C=O) groups is 1. The molecule has 0 saturated heterocycles. The minimum absolute atomic E-state index is 0.102. The summed E-state index contributed by atoms with van der Waals surface area (Å²) in [7, 11) is 0. The van der Waals surface area contributed by atoms with Gasteiger partial charge in [0.1, 0.15) is 6.17 Å². The van der Waals surface area contributed by atoms with E-state index in [4.69, 9.17) is 4.74 Å². The van der Waals surface area contributed by atoms with Crippen molar-refractivity contribution in [2.75, 3.05) is 6.61 Å². The first-order valence-electron chi connectivity index (χ1n) is 7.06. The van der Waals surface area contributed by atoms with Gasteiger partial charge in [-0.05, 0) is 11.1 Å². The third kappa shape index (κ3) is 4.71. The Hall–Kier alpha value is -2.16. The molecule has 0 aromatic heterocycles. The van der Waals surface area contributed by atoms with Crippen molar-refractivity contribution in [1.29, 1.82) is 0 Å². The molecule has 0 spiro atoms. The van der Waals surface area contributed by atoms with Gasteiger partial charge in [-0.1, -0.05) is 67.6 Å². The summed E-state index contributed by atoms with van der Waals surface area (Å²) in [5.74, 6) is -0.404. The molecule has 3 heteroatoms. The van der Waals surface area contributed by atoms with E-state index in [0.29, 0.717) is 5.56 Å². The summed E-state index contributed by atoms with van der Waals surface area (Å²) in [5.41, 5.74) is 1.61. The van der Waals surface area contributed by atoms with Crippen LogP contribution in [0.3, 0.4) is 0 Å². The highest BCUT2D eigenvalue weighted by molar-refractivity contribution is 5.70. The second-order valence-corrected chi connectivity index (χ2v) is 5.08. The molecule has 0 radical (unpaired) electrons. The van der Waals surface area contributed by atoms with Gasteiger partial charge in [-0.2, -0.15) is 0 Å². The molecule has 21 heavy (non-hydrogen) atoms. The first-order valence-corrected chi connectivity index (χ1v) is 7.06. The molecule has 0 aliphatic carbocycles. The van der Waals surface area contributed by atoms with Crippen molar-refractivity contribution < 1.29 is 13.9 Å². The maximum absolute atomic E-state index is 13.9. The van der Waals surface area contributed by atoms with Crippen molar-refractivity contribution in [2.24, 2.45) is 0 Å². The zero-order valence-electron chi connectivity index (χ0n) is 12.0. The Bertz CT molecular complexity index is 554. The highest BCUT2D eigenvalue weighted by Crippen LogP contribution is 2.22. The number of alkyl halides is 1. The maximum Gasteiger partial charge on any atom is 0.309 e. The summed E-state index contributed by atoms with van der Waals surface area (Å²) in [6.45, 7) is 2.25. The molecule has 2 atom stereocenters. The van der Waals surface area contributed by atoms with Gasteiger partial charge >= 0.3 is 5.97 Å². The van der Waals surface area contributed by atoms with E-state index in [1.165, 1.54) is 0 Å². The van der Waals surface area contributed by atoms with E-state index in [0.717, 1.165) is 5.56 Å². The van der Waals surface area contributed by atoms with Crippen LogP contribution in [0.25, 0.3) is 0 Å². The van der Waals surface area contributed by atoms with E-state index in [2.05, 4.69) is 0 Å². The summed E-state index contributed by atoms with van der Waals surface area (Å²) in [6.07, 6.45) is -1.56. The maximum atomic E-state index is 13.9. The van der Waals surface area contributed by atoms with Crippen LogP contribution in [0.4, 0.5) is 4.39 Å². The van der Waals surface area contributed by atoms with Crippen molar-refractivity contribution in [3.63, 3.8) is 0 Å². The Morgan fingerprint density at radius 3 is 2.10 bits per heavy atom. The quantitative estimate of drug-likeness (QED) is 0.734. The number of hydrogen-bond donors (Lipinski definition) is 0. The first kappa shape index (κ1) is 15.2. The first-order chi connectivity index (χ1) is 10.2. The molecule has 2 aromatic rings. The fourth-order valence-corrected chi connectivity index (χ4v) is 2.08. The van der Waals surface area contributed by atoms with Gasteiger partial charge in [-0.3, -0.25) is 4.79 Å². The Morgan fingerprint density at radius 1 is 1.00 bits per heavy atom. The molecule has 0 N–H and O–H groups in total. The van der Waals surface area contributed by atoms with Gasteiger partial charge < -0.3 is 4.74 Å². The van der Waals surface area contributed by atoms with Crippen LogP contribution < -0.4 is 0 Å². The second kappa shape index (κ2) is 7.58. The number of benzene rings is 2. The van der Waals surface area contributed by atoms with E-state index in [9.17, 15) is 9.18 Å². The third-order valence-electron chi connectivity index (χ3n) is 3.37. The normalized spacial score (nSPS) is 13.4. The van der Waals surface area contributed by atoms with Crippen LogP contribution in [-0.2, 0) is 9.53 Å². The fraction of sp³-hybridized carbons (Fsp3) is 0.278. The average Bonchev–Trinajstić information content (AvgIpc) is 2.54. The molecule has 0 fully saturated rings. The molecule has 0 saturated carbocycles. The van der Waals surface area contributed by atoms with E-state index in [-0.39, 0.29) is 18.9 Å². The van der Waals surface area contributed by atoms with Gasteiger partial charge in [0, 0.05) is 5.92 Å². The summed E-state index contributed by atoms with van der Waals surface area (Å²) >= 11 is 0. The summed E-state index contributed by atoms with van der Waals surface area (Å²) in [5, 5.41) is 0. The van der Waals surface area contributed by atoms with E-state index in [1.54, 1.807) is 24.3 Å². The largest absolute Gasteiger partial charge is 0.465 e. The van der Waals surface area contributed by atoms with E-state index >= 15 is 0 Å². The zero-order chi connectivity index (χ0) is 15.1. The number of esters is 1. The summed E-state index contributed by atoms with van der Waals surface area (Å²) < 4.78 is 19.1. The zero-order valence-corrected chi connectivity index (χ0v) is 12.0. The lowest BCUT2D eigenvalue weighted by Crippen LogP contribution is -2.12. The third-order valence-corrected chi connectivity index (χ3v) is 3.37. The molecule has 2 unspecified atom stereocenters. The number of ether oxygens (including phenoxy) is 1. The van der Waals surface area contributed by atoms with Gasteiger partial charge in [-0.15, -0.1) is 0 Å². The molecule has 0 bridgehead atoms. The van der Waals surface area contributed by atoms with Crippen molar-refractivity contribution in [3.05, 3.63) is 71.8 Å². The Labute approximate surface area is 124 Å². The number of halogens is 1. The lowest BCUT2D eigenvalue weighted by molar-refractivity contribution is -0.145. The van der Waals surface area contributed by atoms with Crippen LogP contribution in [0.5, 0.6) is 0 Å². The van der Waals surface area contributed by atoms with E-state index in [1.807, 2.05) is 43.3 Å². The highest BCUT2D eigenvalue weighted by atomic mass is 19.1. The lowest BCUT2D eigenvalue weighted by Gasteiger charge is -2.13. The van der Waals surface area contributed by atoms with Gasteiger partial charge in [0.05, 0.1) is 13.0 Å². The van der Waals surface area contributed by atoms with Gasteiger partial charge in [0.2, 0.25) is 0 Å². The highest BCUT2D eigenvalue weighted by Gasteiger charge is 2.16. The summed E-state index contributed by atoms with van der Waals surface area (Å²) in [4.78, 5) is 11.7. The molecule has 0 aliphatic rings. The molecule has 0 heterocycles. The van der Waals surface area contributed by atoms with E-state index < -0.39 is 12.1 Å². The molecule has 0 aliphatic heterocycles. The van der Waals surface area contributed by atoms with Crippen LogP contribution in [0.15, 0.2) is 60.7 Å².